The largest absolute Gasteiger partial charge is 0.392 e. The highest BCUT2D eigenvalue weighted by Crippen LogP contribution is 2.45. The molecule has 0 aliphatic heterocycles. The Kier molecular flexibility index (Phi) is 4.56. The molecule has 0 aromatic rings. The highest BCUT2D eigenvalue weighted by atomic mass is 16.5. The second-order valence-corrected chi connectivity index (χ2v) is 5.29. The maximum Gasteiger partial charge on any atom is 0.0656 e. The maximum atomic E-state index is 10.4. The summed E-state index contributed by atoms with van der Waals surface area (Å²) in [6.45, 7) is 5.48. The molecule has 3 nitrogen and oxygen atoms in total. The van der Waals surface area contributed by atoms with Gasteiger partial charge in [0.15, 0.2) is 0 Å². The number of aliphatic hydroxyl groups excluding tert-OH is 1. The van der Waals surface area contributed by atoms with E-state index in [9.17, 15) is 5.11 Å². The number of rotatable bonds is 5. The van der Waals surface area contributed by atoms with Crippen molar-refractivity contribution < 1.29 is 9.84 Å². The number of hydrogen-bond acceptors (Lipinski definition) is 3. The van der Waals surface area contributed by atoms with Crippen molar-refractivity contribution in [3.63, 3.8) is 0 Å². The zero-order chi connectivity index (χ0) is 11.5. The molecule has 1 aliphatic rings. The molecule has 0 aromatic carbocycles. The molecule has 0 saturated heterocycles. The fourth-order valence-electron chi connectivity index (χ4n) is 2.96. The lowest BCUT2D eigenvalue weighted by atomic mass is 9.75. The van der Waals surface area contributed by atoms with E-state index in [4.69, 9.17) is 10.5 Å². The zero-order valence-electron chi connectivity index (χ0n) is 10.2. The molecule has 1 aliphatic carbocycles. The molecule has 15 heavy (non-hydrogen) atoms. The van der Waals surface area contributed by atoms with E-state index in [0.29, 0.717) is 19.1 Å². The molecule has 0 amide bonds. The third-order valence-electron chi connectivity index (χ3n) is 3.89. The Morgan fingerprint density at radius 1 is 1.60 bits per heavy atom. The molecule has 4 unspecified atom stereocenters. The fraction of sp³-hybridized carbons (Fsp3) is 1.00. The first-order valence-electron chi connectivity index (χ1n) is 5.93. The van der Waals surface area contributed by atoms with Crippen LogP contribution in [0.1, 0.15) is 33.1 Å². The van der Waals surface area contributed by atoms with Gasteiger partial charge in [0.2, 0.25) is 0 Å². The Hall–Kier alpha value is -0.120. The summed E-state index contributed by atoms with van der Waals surface area (Å²) in [6, 6.07) is 0. The van der Waals surface area contributed by atoms with Gasteiger partial charge < -0.3 is 15.6 Å². The summed E-state index contributed by atoms with van der Waals surface area (Å²) in [5.74, 6) is 0.863. The van der Waals surface area contributed by atoms with E-state index in [1.54, 1.807) is 7.11 Å². The van der Waals surface area contributed by atoms with Gasteiger partial charge in [-0.3, -0.25) is 0 Å². The molecule has 1 fully saturated rings. The first-order chi connectivity index (χ1) is 7.05. The van der Waals surface area contributed by atoms with Crippen LogP contribution >= 0.6 is 0 Å². The lowest BCUT2D eigenvalue weighted by Gasteiger charge is -2.36. The number of ether oxygens (including phenoxy) is 1. The first kappa shape index (κ1) is 12.9. The van der Waals surface area contributed by atoms with Gasteiger partial charge in [-0.2, -0.15) is 0 Å². The van der Waals surface area contributed by atoms with E-state index in [-0.39, 0.29) is 17.4 Å². The Labute approximate surface area is 93.0 Å². The summed E-state index contributed by atoms with van der Waals surface area (Å²) < 4.78 is 5.10. The van der Waals surface area contributed by atoms with Crippen LogP contribution in [-0.2, 0) is 4.74 Å². The molecule has 1 rings (SSSR count). The molecule has 4 atom stereocenters. The van der Waals surface area contributed by atoms with E-state index in [1.807, 2.05) is 6.92 Å². The minimum Gasteiger partial charge on any atom is -0.392 e. The highest BCUT2D eigenvalue weighted by molar-refractivity contribution is 4.95. The van der Waals surface area contributed by atoms with Gasteiger partial charge in [-0.25, -0.2) is 0 Å². The predicted molar refractivity (Wildman–Crippen MR) is 61.5 cm³/mol. The molecular formula is C12H25NO2. The average Bonchev–Trinajstić information content (AvgIpc) is 2.60. The van der Waals surface area contributed by atoms with Gasteiger partial charge in [-0.15, -0.1) is 0 Å². The number of aliphatic hydroxyl groups is 1. The van der Waals surface area contributed by atoms with Crippen LogP contribution in [0.2, 0.25) is 0 Å². The van der Waals surface area contributed by atoms with E-state index < -0.39 is 0 Å². The maximum absolute atomic E-state index is 10.4. The summed E-state index contributed by atoms with van der Waals surface area (Å²) in [6.07, 6.45) is 2.97. The van der Waals surface area contributed by atoms with Gasteiger partial charge in [0.1, 0.15) is 0 Å². The lowest BCUT2D eigenvalue weighted by Crippen LogP contribution is -2.44. The van der Waals surface area contributed by atoms with Crippen LogP contribution in [0.25, 0.3) is 0 Å². The minimum absolute atomic E-state index is 0.0582. The summed E-state index contributed by atoms with van der Waals surface area (Å²) in [7, 11) is 1.68. The van der Waals surface area contributed by atoms with Gasteiger partial charge in [-0.1, -0.05) is 20.3 Å². The Morgan fingerprint density at radius 3 is 2.67 bits per heavy atom. The Balaban J connectivity index is 2.65. The summed E-state index contributed by atoms with van der Waals surface area (Å²) in [4.78, 5) is 0. The Bertz CT molecular complexity index is 198. The fourth-order valence-corrected chi connectivity index (χ4v) is 2.96. The third-order valence-corrected chi connectivity index (χ3v) is 3.89. The molecule has 0 aromatic heterocycles. The molecule has 0 spiro atoms. The van der Waals surface area contributed by atoms with Crippen LogP contribution < -0.4 is 5.73 Å². The lowest BCUT2D eigenvalue weighted by molar-refractivity contribution is -0.0314. The van der Waals surface area contributed by atoms with Crippen molar-refractivity contribution in [2.45, 2.75) is 39.2 Å². The van der Waals surface area contributed by atoms with Crippen molar-refractivity contribution in [2.24, 2.45) is 23.0 Å². The van der Waals surface area contributed by atoms with Crippen LogP contribution in [0, 0.1) is 17.3 Å². The number of nitrogens with two attached hydrogens (primary N) is 1. The van der Waals surface area contributed by atoms with E-state index in [0.717, 1.165) is 12.8 Å². The van der Waals surface area contributed by atoms with Crippen molar-refractivity contribution in [3.05, 3.63) is 0 Å². The van der Waals surface area contributed by atoms with Crippen LogP contribution in [-0.4, -0.2) is 31.5 Å². The SMILES string of the molecule is COCC(C)C(O)C1(CN)CCC(C)C1. The number of hydrogen-bond donors (Lipinski definition) is 2. The van der Waals surface area contributed by atoms with Crippen molar-refractivity contribution >= 4 is 0 Å². The summed E-state index contributed by atoms with van der Waals surface area (Å²) in [5, 5.41) is 10.4. The smallest absolute Gasteiger partial charge is 0.0656 e. The van der Waals surface area contributed by atoms with E-state index in [1.165, 1.54) is 6.42 Å². The molecule has 90 valence electrons. The van der Waals surface area contributed by atoms with Gasteiger partial charge in [0, 0.05) is 25.0 Å². The topological polar surface area (TPSA) is 55.5 Å². The molecule has 0 radical (unpaired) electrons. The van der Waals surface area contributed by atoms with E-state index >= 15 is 0 Å². The quantitative estimate of drug-likeness (QED) is 0.729. The van der Waals surface area contributed by atoms with Crippen LogP contribution in [0.3, 0.4) is 0 Å². The molecule has 3 N–H and O–H groups in total. The third kappa shape index (κ3) is 2.71. The summed E-state index contributed by atoms with van der Waals surface area (Å²) in [5.41, 5.74) is 5.81. The monoisotopic (exact) mass is 215 g/mol. The molecule has 1 saturated carbocycles. The molecule has 3 heteroatoms. The van der Waals surface area contributed by atoms with Crippen molar-refractivity contribution in [1.29, 1.82) is 0 Å². The molecular weight excluding hydrogens is 190 g/mol. The second-order valence-electron chi connectivity index (χ2n) is 5.29. The van der Waals surface area contributed by atoms with Crippen LogP contribution in [0.5, 0.6) is 0 Å². The van der Waals surface area contributed by atoms with Gasteiger partial charge in [0.25, 0.3) is 0 Å². The standard InChI is InChI=1S/C12H25NO2/c1-9-4-5-12(6-9,8-13)11(14)10(2)7-15-3/h9-11,14H,4-8,13H2,1-3H3. The molecule has 0 heterocycles. The minimum atomic E-state index is -0.326. The second kappa shape index (κ2) is 5.28. The van der Waals surface area contributed by atoms with Crippen molar-refractivity contribution in [2.75, 3.05) is 20.3 Å². The van der Waals surface area contributed by atoms with Crippen molar-refractivity contribution in [3.8, 4) is 0 Å². The van der Waals surface area contributed by atoms with Gasteiger partial charge in [0.05, 0.1) is 12.7 Å². The highest BCUT2D eigenvalue weighted by Gasteiger charge is 2.44. The summed E-state index contributed by atoms with van der Waals surface area (Å²) >= 11 is 0. The molecule has 0 bridgehead atoms. The average molecular weight is 215 g/mol. The zero-order valence-corrected chi connectivity index (χ0v) is 10.2. The number of methoxy groups -OCH3 is 1. The normalized spacial score (nSPS) is 35.4. The van der Waals surface area contributed by atoms with Gasteiger partial charge >= 0.3 is 0 Å². The van der Waals surface area contributed by atoms with E-state index in [2.05, 4.69) is 6.92 Å². The van der Waals surface area contributed by atoms with Crippen molar-refractivity contribution in [1.82, 2.24) is 0 Å². The first-order valence-corrected chi connectivity index (χ1v) is 5.93. The van der Waals surface area contributed by atoms with Gasteiger partial charge in [-0.05, 0) is 18.8 Å². The Morgan fingerprint density at radius 2 is 2.27 bits per heavy atom. The predicted octanol–water partition coefficient (Wildman–Crippen LogP) is 1.39. The van der Waals surface area contributed by atoms with Crippen LogP contribution in [0.4, 0.5) is 0 Å². The van der Waals surface area contributed by atoms with Crippen LogP contribution in [0.15, 0.2) is 0 Å².